The third-order valence-electron chi connectivity index (χ3n) is 5.27. The van der Waals surface area contributed by atoms with Crippen LogP contribution in [0.15, 0.2) is 36.4 Å². The van der Waals surface area contributed by atoms with Crippen molar-refractivity contribution >= 4 is 11.8 Å². The standard InChI is InChI=1S/C26H35FN2O3/c1-8-22(25(31)28-26(5,6)7)29(15-20-9-11-21(27)12-10-20)24(30)16-32-23-14-17(2)13-18(3)19(23)4/h9-14,22H,8,15-16H2,1-7H3,(H,28,31)/t22-/m1/s1. The number of aryl methyl sites for hydroxylation is 2. The third kappa shape index (κ3) is 7.08. The Bertz CT molecular complexity index is 949. The Balaban J connectivity index is 2.28. The predicted molar refractivity (Wildman–Crippen MR) is 125 cm³/mol. The molecule has 0 aliphatic rings. The molecule has 174 valence electrons. The van der Waals surface area contributed by atoms with Crippen LogP contribution >= 0.6 is 0 Å². The van der Waals surface area contributed by atoms with Crippen LogP contribution in [-0.4, -0.2) is 34.9 Å². The first-order valence-corrected chi connectivity index (χ1v) is 11.0. The van der Waals surface area contributed by atoms with Gasteiger partial charge in [-0.15, -0.1) is 0 Å². The highest BCUT2D eigenvalue weighted by Gasteiger charge is 2.31. The lowest BCUT2D eigenvalue weighted by Crippen LogP contribution is -2.54. The van der Waals surface area contributed by atoms with Gasteiger partial charge in [0.15, 0.2) is 6.61 Å². The van der Waals surface area contributed by atoms with Gasteiger partial charge in [-0.1, -0.05) is 25.1 Å². The van der Waals surface area contributed by atoms with Crippen LogP contribution in [0.1, 0.15) is 56.4 Å². The van der Waals surface area contributed by atoms with Crippen LogP contribution in [0.25, 0.3) is 0 Å². The molecule has 0 saturated heterocycles. The van der Waals surface area contributed by atoms with Crippen molar-refractivity contribution in [2.45, 2.75) is 73.0 Å². The van der Waals surface area contributed by atoms with Crippen LogP contribution in [0, 0.1) is 26.6 Å². The molecule has 0 bridgehead atoms. The van der Waals surface area contributed by atoms with E-state index in [9.17, 15) is 14.0 Å². The van der Waals surface area contributed by atoms with Crippen LogP contribution in [-0.2, 0) is 16.1 Å². The lowest BCUT2D eigenvalue weighted by molar-refractivity contribution is -0.143. The molecule has 2 aromatic rings. The van der Waals surface area contributed by atoms with E-state index in [2.05, 4.69) is 11.4 Å². The maximum atomic E-state index is 13.4. The summed E-state index contributed by atoms with van der Waals surface area (Å²) in [7, 11) is 0. The highest BCUT2D eigenvalue weighted by molar-refractivity contribution is 5.88. The summed E-state index contributed by atoms with van der Waals surface area (Å²) >= 11 is 0. The molecule has 0 fully saturated rings. The number of nitrogens with zero attached hydrogens (tertiary/aromatic N) is 1. The molecule has 0 saturated carbocycles. The molecule has 0 aliphatic heterocycles. The second-order valence-corrected chi connectivity index (χ2v) is 9.31. The van der Waals surface area contributed by atoms with Gasteiger partial charge in [0.1, 0.15) is 17.6 Å². The molecule has 0 unspecified atom stereocenters. The maximum absolute atomic E-state index is 13.4. The normalized spacial score (nSPS) is 12.2. The Kier molecular flexibility index (Phi) is 8.42. The summed E-state index contributed by atoms with van der Waals surface area (Å²) in [5.41, 5.74) is 3.43. The van der Waals surface area contributed by atoms with Gasteiger partial charge in [0.2, 0.25) is 5.91 Å². The fraction of sp³-hybridized carbons (Fsp3) is 0.462. The molecule has 1 N–H and O–H groups in total. The van der Waals surface area contributed by atoms with Crippen molar-refractivity contribution in [1.29, 1.82) is 0 Å². The first kappa shape index (κ1) is 25.4. The number of benzene rings is 2. The molecular weight excluding hydrogens is 407 g/mol. The van der Waals surface area contributed by atoms with Crippen molar-refractivity contribution in [1.82, 2.24) is 10.2 Å². The van der Waals surface area contributed by atoms with Gasteiger partial charge >= 0.3 is 0 Å². The molecule has 2 aromatic carbocycles. The number of ether oxygens (including phenoxy) is 1. The van der Waals surface area contributed by atoms with E-state index in [0.717, 1.165) is 22.3 Å². The van der Waals surface area contributed by atoms with E-state index < -0.39 is 11.6 Å². The van der Waals surface area contributed by atoms with E-state index in [1.807, 2.05) is 54.5 Å². The second kappa shape index (κ2) is 10.6. The number of amides is 2. The Labute approximate surface area is 191 Å². The summed E-state index contributed by atoms with van der Waals surface area (Å²) in [6, 6.07) is 9.25. The average Bonchev–Trinajstić information content (AvgIpc) is 2.69. The molecular formula is C26H35FN2O3. The number of hydrogen-bond acceptors (Lipinski definition) is 3. The SMILES string of the molecule is CC[C@H](C(=O)NC(C)(C)C)N(Cc1ccc(F)cc1)C(=O)COc1cc(C)cc(C)c1C. The summed E-state index contributed by atoms with van der Waals surface area (Å²) in [6.07, 6.45) is 0.442. The summed E-state index contributed by atoms with van der Waals surface area (Å²) in [6.45, 7) is 13.5. The van der Waals surface area contributed by atoms with Gasteiger partial charge in [0.25, 0.3) is 5.91 Å². The van der Waals surface area contributed by atoms with Gasteiger partial charge in [0, 0.05) is 12.1 Å². The minimum atomic E-state index is -0.671. The summed E-state index contributed by atoms with van der Waals surface area (Å²) < 4.78 is 19.3. The van der Waals surface area contributed by atoms with Crippen molar-refractivity contribution < 1.29 is 18.7 Å². The molecule has 32 heavy (non-hydrogen) atoms. The third-order valence-corrected chi connectivity index (χ3v) is 5.27. The van der Waals surface area contributed by atoms with Crippen LogP contribution in [0.5, 0.6) is 5.75 Å². The van der Waals surface area contributed by atoms with Crippen LogP contribution in [0.2, 0.25) is 0 Å². The molecule has 0 aliphatic carbocycles. The van der Waals surface area contributed by atoms with Gasteiger partial charge in [0.05, 0.1) is 0 Å². The van der Waals surface area contributed by atoms with Crippen LogP contribution in [0.4, 0.5) is 4.39 Å². The molecule has 0 spiro atoms. The molecule has 2 amide bonds. The highest BCUT2D eigenvalue weighted by Crippen LogP contribution is 2.24. The molecule has 0 aromatic heterocycles. The maximum Gasteiger partial charge on any atom is 0.261 e. The Morgan fingerprint density at radius 3 is 2.28 bits per heavy atom. The molecule has 1 atom stereocenters. The number of carbonyl (C=O) groups excluding carboxylic acids is 2. The molecule has 0 heterocycles. The van der Waals surface area contributed by atoms with E-state index in [-0.39, 0.29) is 30.8 Å². The van der Waals surface area contributed by atoms with E-state index in [1.54, 1.807) is 12.1 Å². The zero-order valence-electron chi connectivity index (χ0n) is 20.2. The monoisotopic (exact) mass is 442 g/mol. The second-order valence-electron chi connectivity index (χ2n) is 9.31. The Hall–Kier alpha value is -2.89. The van der Waals surface area contributed by atoms with Crippen molar-refractivity contribution in [3.63, 3.8) is 0 Å². The predicted octanol–water partition coefficient (Wildman–Crippen LogP) is 4.85. The topological polar surface area (TPSA) is 58.6 Å². The lowest BCUT2D eigenvalue weighted by atomic mass is 10.1. The fourth-order valence-corrected chi connectivity index (χ4v) is 3.53. The lowest BCUT2D eigenvalue weighted by Gasteiger charge is -2.33. The van der Waals surface area contributed by atoms with E-state index in [0.29, 0.717) is 12.2 Å². The Morgan fingerprint density at radius 1 is 1.09 bits per heavy atom. The summed E-state index contributed by atoms with van der Waals surface area (Å²) in [4.78, 5) is 27.8. The first-order chi connectivity index (χ1) is 14.9. The molecule has 0 radical (unpaired) electrons. The number of halogens is 1. The fourth-order valence-electron chi connectivity index (χ4n) is 3.53. The minimum Gasteiger partial charge on any atom is -0.483 e. The molecule has 5 nitrogen and oxygen atoms in total. The van der Waals surface area contributed by atoms with Gasteiger partial charge in [-0.3, -0.25) is 9.59 Å². The van der Waals surface area contributed by atoms with Crippen molar-refractivity contribution in [2.24, 2.45) is 0 Å². The van der Waals surface area contributed by atoms with Gasteiger partial charge in [-0.2, -0.15) is 0 Å². The minimum absolute atomic E-state index is 0.185. The number of nitrogens with one attached hydrogen (secondary N) is 1. The van der Waals surface area contributed by atoms with Crippen LogP contribution in [0.3, 0.4) is 0 Å². The molecule has 2 rings (SSSR count). The smallest absolute Gasteiger partial charge is 0.261 e. The van der Waals surface area contributed by atoms with Crippen LogP contribution < -0.4 is 10.1 Å². The van der Waals surface area contributed by atoms with Gasteiger partial charge in [-0.05, 0) is 88.4 Å². The largest absolute Gasteiger partial charge is 0.483 e. The zero-order chi connectivity index (χ0) is 24.1. The van der Waals surface area contributed by atoms with Gasteiger partial charge < -0.3 is 15.0 Å². The quantitative estimate of drug-likeness (QED) is 0.636. The Morgan fingerprint density at radius 2 is 1.72 bits per heavy atom. The van der Waals surface area contributed by atoms with Crippen molar-refractivity contribution in [3.05, 3.63) is 64.5 Å². The van der Waals surface area contributed by atoms with Crippen molar-refractivity contribution in [2.75, 3.05) is 6.61 Å². The zero-order valence-corrected chi connectivity index (χ0v) is 20.2. The van der Waals surface area contributed by atoms with E-state index in [1.165, 1.54) is 17.0 Å². The number of rotatable bonds is 8. The summed E-state index contributed by atoms with van der Waals surface area (Å²) in [5.74, 6) is -0.218. The number of carbonyl (C=O) groups is 2. The van der Waals surface area contributed by atoms with Gasteiger partial charge in [-0.25, -0.2) is 4.39 Å². The first-order valence-electron chi connectivity index (χ1n) is 11.0. The number of hydrogen-bond donors (Lipinski definition) is 1. The average molecular weight is 443 g/mol. The molecule has 6 heteroatoms. The van der Waals surface area contributed by atoms with Crippen molar-refractivity contribution in [3.8, 4) is 5.75 Å². The van der Waals surface area contributed by atoms with E-state index >= 15 is 0 Å². The summed E-state index contributed by atoms with van der Waals surface area (Å²) in [5, 5.41) is 2.96. The van der Waals surface area contributed by atoms with E-state index in [4.69, 9.17) is 4.74 Å². The highest BCUT2D eigenvalue weighted by atomic mass is 19.1.